The van der Waals surface area contributed by atoms with Crippen LogP contribution >= 0.6 is 22.9 Å². The van der Waals surface area contributed by atoms with Crippen LogP contribution in [0.2, 0.25) is 0 Å². The molecule has 2 rings (SSSR count). The first-order chi connectivity index (χ1) is 6.77. The molecule has 0 saturated heterocycles. The second kappa shape index (κ2) is 3.86. The molecule has 0 fully saturated rings. The third-order valence-corrected chi connectivity index (χ3v) is 2.88. The Morgan fingerprint density at radius 1 is 1.21 bits per heavy atom. The molecule has 0 aliphatic rings. The number of benzene rings is 1. The highest BCUT2D eigenvalue weighted by molar-refractivity contribution is 7.18. The van der Waals surface area contributed by atoms with Crippen molar-refractivity contribution in [1.82, 2.24) is 10.2 Å². The van der Waals surface area contributed by atoms with Crippen molar-refractivity contribution >= 4 is 28.2 Å². The van der Waals surface area contributed by atoms with Crippen molar-refractivity contribution in [1.29, 1.82) is 0 Å². The maximum Gasteiger partial charge on any atom is 0.283 e. The summed E-state index contributed by atoms with van der Waals surface area (Å²) >= 11 is 6.46. The molecule has 0 radical (unpaired) electrons. The predicted molar refractivity (Wildman–Crippen MR) is 55.5 cm³/mol. The lowest BCUT2D eigenvalue weighted by atomic mass is 10.2. The van der Waals surface area contributed by atoms with Crippen LogP contribution in [0.5, 0.6) is 0 Å². The summed E-state index contributed by atoms with van der Waals surface area (Å²) in [6.45, 7) is 0. The average molecular weight is 225 g/mol. The molecular formula is C9H5ClN2OS. The highest BCUT2D eigenvalue weighted by Gasteiger charge is 2.10. The smallest absolute Gasteiger partial charge is 0.273 e. The molecule has 1 aromatic carbocycles. The zero-order valence-electron chi connectivity index (χ0n) is 6.98. The van der Waals surface area contributed by atoms with Crippen LogP contribution in [0.15, 0.2) is 30.3 Å². The van der Waals surface area contributed by atoms with E-state index in [4.69, 9.17) is 11.6 Å². The SMILES string of the molecule is O=C(Cl)c1nnc(-c2ccccc2)s1. The van der Waals surface area contributed by atoms with Gasteiger partial charge in [-0.1, -0.05) is 41.7 Å². The van der Waals surface area contributed by atoms with E-state index in [2.05, 4.69) is 10.2 Å². The van der Waals surface area contributed by atoms with Crippen molar-refractivity contribution < 1.29 is 4.79 Å². The van der Waals surface area contributed by atoms with E-state index in [-0.39, 0.29) is 5.01 Å². The van der Waals surface area contributed by atoms with E-state index in [1.807, 2.05) is 30.3 Å². The first-order valence-electron chi connectivity index (χ1n) is 3.86. The Labute approximate surface area is 89.4 Å². The molecule has 70 valence electrons. The van der Waals surface area contributed by atoms with Gasteiger partial charge in [-0.15, -0.1) is 10.2 Å². The van der Waals surface area contributed by atoms with Crippen molar-refractivity contribution in [2.75, 3.05) is 0 Å². The topological polar surface area (TPSA) is 42.9 Å². The van der Waals surface area contributed by atoms with E-state index in [0.29, 0.717) is 5.01 Å². The van der Waals surface area contributed by atoms with Gasteiger partial charge < -0.3 is 0 Å². The van der Waals surface area contributed by atoms with Crippen LogP contribution in [-0.4, -0.2) is 15.4 Å². The summed E-state index contributed by atoms with van der Waals surface area (Å²) in [5.41, 5.74) is 0.939. The maximum absolute atomic E-state index is 10.8. The molecule has 1 aromatic heterocycles. The molecule has 0 unspecified atom stereocenters. The maximum atomic E-state index is 10.8. The molecule has 14 heavy (non-hydrogen) atoms. The summed E-state index contributed by atoms with van der Waals surface area (Å²) in [4.78, 5) is 10.8. The third kappa shape index (κ3) is 1.81. The number of nitrogens with zero attached hydrogens (tertiary/aromatic N) is 2. The van der Waals surface area contributed by atoms with Crippen LogP contribution in [0.3, 0.4) is 0 Å². The summed E-state index contributed by atoms with van der Waals surface area (Å²) < 4.78 is 0. The Morgan fingerprint density at radius 3 is 2.50 bits per heavy atom. The van der Waals surface area contributed by atoms with Gasteiger partial charge in [-0.05, 0) is 11.6 Å². The van der Waals surface area contributed by atoms with E-state index in [9.17, 15) is 4.79 Å². The Hall–Kier alpha value is -1.26. The number of aromatic nitrogens is 2. The Balaban J connectivity index is 2.39. The number of halogens is 1. The van der Waals surface area contributed by atoms with Crippen LogP contribution in [-0.2, 0) is 0 Å². The van der Waals surface area contributed by atoms with E-state index < -0.39 is 5.24 Å². The summed E-state index contributed by atoms with van der Waals surface area (Å²) in [5.74, 6) is 0. The van der Waals surface area contributed by atoms with Crippen LogP contribution in [0.1, 0.15) is 9.80 Å². The molecule has 0 aliphatic carbocycles. The fourth-order valence-electron chi connectivity index (χ4n) is 1.00. The highest BCUT2D eigenvalue weighted by Crippen LogP contribution is 2.23. The van der Waals surface area contributed by atoms with Gasteiger partial charge in [-0.3, -0.25) is 4.79 Å². The normalized spacial score (nSPS) is 10.1. The summed E-state index contributed by atoms with van der Waals surface area (Å²) in [5, 5.41) is 7.92. The molecule has 5 heteroatoms. The summed E-state index contributed by atoms with van der Waals surface area (Å²) in [6, 6.07) is 9.53. The van der Waals surface area contributed by atoms with E-state index in [0.717, 1.165) is 5.56 Å². The van der Waals surface area contributed by atoms with Crippen molar-refractivity contribution in [3.8, 4) is 10.6 Å². The molecule has 0 bridgehead atoms. The lowest BCUT2D eigenvalue weighted by molar-refractivity contribution is 0.108. The van der Waals surface area contributed by atoms with Crippen molar-refractivity contribution in [2.45, 2.75) is 0 Å². The van der Waals surface area contributed by atoms with Gasteiger partial charge in [0.15, 0.2) is 0 Å². The second-order valence-electron chi connectivity index (χ2n) is 2.55. The van der Waals surface area contributed by atoms with E-state index in [1.165, 1.54) is 11.3 Å². The number of hydrogen-bond donors (Lipinski definition) is 0. The Kier molecular flexibility index (Phi) is 2.56. The van der Waals surface area contributed by atoms with Gasteiger partial charge in [0, 0.05) is 5.56 Å². The molecule has 2 aromatic rings. The van der Waals surface area contributed by atoms with Crippen molar-refractivity contribution in [2.24, 2.45) is 0 Å². The minimum atomic E-state index is -0.565. The van der Waals surface area contributed by atoms with Gasteiger partial charge in [0.1, 0.15) is 5.01 Å². The Bertz CT molecular complexity index is 455. The standard InChI is InChI=1S/C9H5ClN2OS/c10-7(13)9-12-11-8(14-9)6-4-2-1-3-5-6/h1-5H. The van der Waals surface area contributed by atoms with Crippen LogP contribution < -0.4 is 0 Å². The molecule has 3 nitrogen and oxygen atoms in total. The fourth-order valence-corrected chi connectivity index (χ4v) is 1.83. The van der Waals surface area contributed by atoms with Gasteiger partial charge in [-0.25, -0.2) is 0 Å². The molecule has 0 spiro atoms. The number of hydrogen-bond acceptors (Lipinski definition) is 4. The van der Waals surface area contributed by atoms with E-state index in [1.54, 1.807) is 0 Å². The zero-order valence-corrected chi connectivity index (χ0v) is 8.55. The van der Waals surface area contributed by atoms with Gasteiger partial charge in [0.2, 0.25) is 5.01 Å². The van der Waals surface area contributed by atoms with Gasteiger partial charge in [0.05, 0.1) is 0 Å². The highest BCUT2D eigenvalue weighted by atomic mass is 35.5. The zero-order chi connectivity index (χ0) is 9.97. The number of rotatable bonds is 2. The number of carbonyl (C=O) groups excluding carboxylic acids is 1. The largest absolute Gasteiger partial charge is 0.283 e. The number of carbonyl (C=O) groups is 1. The summed E-state index contributed by atoms with van der Waals surface area (Å²) in [7, 11) is 0. The third-order valence-electron chi connectivity index (χ3n) is 1.61. The fraction of sp³-hybridized carbons (Fsp3) is 0. The molecule has 1 heterocycles. The van der Waals surface area contributed by atoms with Crippen molar-refractivity contribution in [3.63, 3.8) is 0 Å². The monoisotopic (exact) mass is 224 g/mol. The van der Waals surface area contributed by atoms with Crippen LogP contribution in [0.25, 0.3) is 10.6 Å². The second-order valence-corrected chi connectivity index (χ2v) is 3.87. The molecule has 0 saturated carbocycles. The Morgan fingerprint density at radius 2 is 1.93 bits per heavy atom. The van der Waals surface area contributed by atoms with Crippen LogP contribution in [0.4, 0.5) is 0 Å². The predicted octanol–water partition coefficient (Wildman–Crippen LogP) is 2.58. The van der Waals surface area contributed by atoms with Gasteiger partial charge in [-0.2, -0.15) is 0 Å². The minimum Gasteiger partial charge on any atom is -0.273 e. The first-order valence-corrected chi connectivity index (χ1v) is 5.05. The van der Waals surface area contributed by atoms with Crippen LogP contribution in [0, 0.1) is 0 Å². The lowest BCUT2D eigenvalue weighted by Gasteiger charge is -1.90. The molecule has 0 aliphatic heterocycles. The van der Waals surface area contributed by atoms with Gasteiger partial charge in [0.25, 0.3) is 5.24 Å². The van der Waals surface area contributed by atoms with Crippen molar-refractivity contribution in [3.05, 3.63) is 35.3 Å². The first kappa shape index (κ1) is 9.30. The lowest BCUT2D eigenvalue weighted by Crippen LogP contribution is -1.85. The van der Waals surface area contributed by atoms with Gasteiger partial charge >= 0.3 is 0 Å². The van der Waals surface area contributed by atoms with E-state index >= 15 is 0 Å². The molecule has 0 amide bonds. The minimum absolute atomic E-state index is 0.227. The quantitative estimate of drug-likeness (QED) is 0.737. The molecule has 0 atom stereocenters. The summed E-state index contributed by atoms with van der Waals surface area (Å²) in [6.07, 6.45) is 0. The molecular weight excluding hydrogens is 220 g/mol. The average Bonchev–Trinajstić information content (AvgIpc) is 2.68. The molecule has 0 N–H and O–H groups in total.